The Bertz CT molecular complexity index is 1470. The van der Waals surface area contributed by atoms with Crippen molar-refractivity contribution in [2.45, 2.75) is 51.6 Å². The molecule has 0 saturated carbocycles. The number of carbonyl (C=O) groups is 2. The number of rotatable bonds is 10. The normalized spacial score (nSPS) is 18.7. The van der Waals surface area contributed by atoms with E-state index in [1.54, 1.807) is 39.0 Å². The van der Waals surface area contributed by atoms with Crippen LogP contribution >= 0.6 is 0 Å². The van der Waals surface area contributed by atoms with Crippen LogP contribution in [0.1, 0.15) is 68.2 Å². The minimum atomic E-state index is -0.969. The van der Waals surface area contributed by atoms with E-state index in [-0.39, 0.29) is 13.4 Å². The van der Waals surface area contributed by atoms with Crippen LogP contribution in [0.3, 0.4) is 0 Å². The Labute approximate surface area is 245 Å². The summed E-state index contributed by atoms with van der Waals surface area (Å²) >= 11 is 0. The van der Waals surface area contributed by atoms with Gasteiger partial charge >= 0.3 is 11.9 Å². The minimum Gasteiger partial charge on any atom is -0.497 e. The van der Waals surface area contributed by atoms with Gasteiger partial charge in [-0.1, -0.05) is 25.1 Å². The molecule has 3 aromatic carbocycles. The zero-order chi connectivity index (χ0) is 30.0. The van der Waals surface area contributed by atoms with Crippen LogP contribution in [0.5, 0.6) is 28.7 Å². The minimum absolute atomic E-state index is 0.118. The fraction of sp³-hybridized carbons (Fsp3) is 0.394. The molecule has 1 aliphatic carbocycles. The molecule has 0 saturated heterocycles. The fourth-order valence-corrected chi connectivity index (χ4v) is 5.67. The molecule has 0 amide bonds. The first-order valence-corrected chi connectivity index (χ1v) is 14.0. The number of benzene rings is 3. The highest BCUT2D eigenvalue weighted by molar-refractivity contribution is 5.79. The van der Waals surface area contributed by atoms with Gasteiger partial charge in [0.05, 0.1) is 19.6 Å². The van der Waals surface area contributed by atoms with Crippen LogP contribution < -0.4 is 23.7 Å². The second-order valence-electron chi connectivity index (χ2n) is 11.4. The lowest BCUT2D eigenvalue weighted by molar-refractivity contribution is -0.157. The monoisotopic (exact) mass is 576 g/mol. The molecule has 3 atom stereocenters. The molecular formula is C33H36O9. The van der Waals surface area contributed by atoms with E-state index in [1.165, 1.54) is 7.11 Å². The van der Waals surface area contributed by atoms with E-state index >= 15 is 0 Å². The van der Waals surface area contributed by atoms with Gasteiger partial charge in [0, 0.05) is 23.5 Å². The smallest absolute Gasteiger partial charge is 0.344 e. The van der Waals surface area contributed by atoms with Gasteiger partial charge in [0.25, 0.3) is 0 Å². The molecule has 0 bridgehead atoms. The maximum Gasteiger partial charge on any atom is 0.344 e. The van der Waals surface area contributed by atoms with Gasteiger partial charge in [-0.25, -0.2) is 4.79 Å². The van der Waals surface area contributed by atoms with E-state index in [1.807, 2.05) is 43.3 Å². The predicted octanol–water partition coefficient (Wildman–Crippen LogP) is 5.91. The summed E-state index contributed by atoms with van der Waals surface area (Å²) in [5.41, 5.74) is 2.41. The van der Waals surface area contributed by atoms with Crippen molar-refractivity contribution < 1.29 is 43.1 Å². The van der Waals surface area contributed by atoms with Crippen LogP contribution in [0.2, 0.25) is 0 Å². The van der Waals surface area contributed by atoms with E-state index in [9.17, 15) is 14.7 Å². The summed E-state index contributed by atoms with van der Waals surface area (Å²) in [4.78, 5) is 25.7. The molecule has 42 heavy (non-hydrogen) atoms. The molecule has 1 N–H and O–H groups in total. The Hall–Kier alpha value is -4.40. The predicted molar refractivity (Wildman–Crippen MR) is 154 cm³/mol. The van der Waals surface area contributed by atoms with Gasteiger partial charge in [0.15, 0.2) is 18.1 Å². The van der Waals surface area contributed by atoms with E-state index < -0.39 is 35.3 Å². The third-order valence-corrected chi connectivity index (χ3v) is 7.28. The maximum atomic E-state index is 13.2. The van der Waals surface area contributed by atoms with E-state index in [4.69, 9.17) is 28.4 Å². The SMILES string of the molecule is CCCOc1ccc2c(c1)[C@@H](c1ccc(OC)cc1OCC(=O)OC(C)(C)C)[C@H](C(=O)O)[C@H]2c1ccc2c(c1)OCO2. The number of ether oxygens (including phenoxy) is 6. The van der Waals surface area contributed by atoms with Crippen molar-refractivity contribution in [3.63, 3.8) is 0 Å². The van der Waals surface area contributed by atoms with Crippen molar-refractivity contribution in [2.75, 3.05) is 27.1 Å². The van der Waals surface area contributed by atoms with E-state index in [0.717, 1.165) is 23.1 Å². The standard InChI is InChI=1S/C33H36O9/c1-6-13-38-21-9-10-22-24(15-21)30(31(32(35)36)29(22)19-7-12-25-27(14-19)41-18-40-25)23-11-8-20(37-5)16-26(23)39-17-28(34)42-33(2,3)4/h7-12,14-16,29-31H,6,13,17-18H2,1-5H3,(H,35,36)/t29-,30+,31+/m0/s1. The lowest BCUT2D eigenvalue weighted by Crippen LogP contribution is -2.28. The average Bonchev–Trinajstić information content (AvgIpc) is 3.55. The van der Waals surface area contributed by atoms with Gasteiger partial charge in [-0.3, -0.25) is 4.79 Å². The number of hydrogen-bond donors (Lipinski definition) is 1. The van der Waals surface area contributed by atoms with Crippen molar-refractivity contribution in [1.29, 1.82) is 0 Å². The Kier molecular flexibility index (Phi) is 8.20. The molecule has 5 rings (SSSR count). The number of fused-ring (bicyclic) bond motifs is 2. The topological polar surface area (TPSA) is 110 Å². The average molecular weight is 577 g/mol. The molecule has 0 fully saturated rings. The molecule has 2 aliphatic rings. The van der Waals surface area contributed by atoms with Crippen LogP contribution in [-0.2, 0) is 14.3 Å². The van der Waals surface area contributed by atoms with Crippen LogP contribution in [0.4, 0.5) is 0 Å². The van der Waals surface area contributed by atoms with Gasteiger partial charge < -0.3 is 33.5 Å². The summed E-state index contributed by atoms with van der Waals surface area (Å²) in [6, 6.07) is 16.5. The molecular weight excluding hydrogens is 540 g/mol. The summed E-state index contributed by atoms with van der Waals surface area (Å²) in [6.45, 7) is 7.67. The quantitative estimate of drug-likeness (QED) is 0.295. The molecule has 0 aromatic heterocycles. The lowest BCUT2D eigenvalue weighted by atomic mass is 9.79. The summed E-state index contributed by atoms with van der Waals surface area (Å²) < 4.78 is 34.0. The first kappa shape index (κ1) is 29.1. The fourth-order valence-electron chi connectivity index (χ4n) is 5.67. The van der Waals surface area contributed by atoms with Crippen LogP contribution in [0.25, 0.3) is 0 Å². The van der Waals surface area contributed by atoms with Gasteiger partial charge in [-0.15, -0.1) is 0 Å². The Balaban J connectivity index is 1.62. The molecule has 9 nitrogen and oxygen atoms in total. The number of carboxylic acids is 1. The number of hydrogen-bond acceptors (Lipinski definition) is 8. The third kappa shape index (κ3) is 5.95. The summed E-state index contributed by atoms with van der Waals surface area (Å²) in [5, 5.41) is 10.8. The number of carbonyl (C=O) groups excluding carboxylic acids is 1. The Morgan fingerprint density at radius 3 is 2.33 bits per heavy atom. The first-order valence-electron chi connectivity index (χ1n) is 14.0. The highest BCUT2D eigenvalue weighted by Crippen LogP contribution is 2.56. The van der Waals surface area contributed by atoms with Gasteiger partial charge in [-0.05, 0) is 74.2 Å². The Morgan fingerprint density at radius 1 is 0.881 bits per heavy atom. The zero-order valence-corrected chi connectivity index (χ0v) is 24.5. The molecule has 9 heteroatoms. The molecule has 1 heterocycles. The molecule has 222 valence electrons. The van der Waals surface area contributed by atoms with Gasteiger partial charge in [0.1, 0.15) is 22.8 Å². The highest BCUT2D eigenvalue weighted by Gasteiger charge is 2.48. The van der Waals surface area contributed by atoms with Gasteiger partial charge in [0.2, 0.25) is 6.79 Å². The third-order valence-electron chi connectivity index (χ3n) is 7.28. The van der Waals surface area contributed by atoms with E-state index in [2.05, 4.69) is 0 Å². The van der Waals surface area contributed by atoms with Crippen LogP contribution in [0.15, 0.2) is 54.6 Å². The van der Waals surface area contributed by atoms with Crippen molar-refractivity contribution in [1.82, 2.24) is 0 Å². The largest absolute Gasteiger partial charge is 0.497 e. The number of esters is 1. The van der Waals surface area contributed by atoms with E-state index in [0.29, 0.717) is 40.9 Å². The van der Waals surface area contributed by atoms with Crippen molar-refractivity contribution in [2.24, 2.45) is 5.92 Å². The molecule has 3 aromatic rings. The summed E-state index contributed by atoms with van der Waals surface area (Å²) in [5.74, 6) is -0.832. The van der Waals surface area contributed by atoms with Crippen LogP contribution in [0, 0.1) is 5.92 Å². The second-order valence-corrected chi connectivity index (χ2v) is 11.4. The number of methoxy groups -OCH3 is 1. The zero-order valence-electron chi connectivity index (χ0n) is 24.5. The van der Waals surface area contributed by atoms with Crippen molar-refractivity contribution in [3.8, 4) is 28.7 Å². The Morgan fingerprint density at radius 2 is 1.62 bits per heavy atom. The molecule has 0 unspecified atom stereocenters. The van der Waals surface area contributed by atoms with Gasteiger partial charge in [-0.2, -0.15) is 0 Å². The number of aliphatic carboxylic acids is 1. The van der Waals surface area contributed by atoms with Crippen LogP contribution in [-0.4, -0.2) is 49.8 Å². The first-order chi connectivity index (χ1) is 20.1. The number of carboxylic acid groups (broad SMARTS) is 1. The van der Waals surface area contributed by atoms with Crippen molar-refractivity contribution in [3.05, 3.63) is 76.9 Å². The summed E-state index contributed by atoms with van der Waals surface area (Å²) in [6.07, 6.45) is 0.833. The molecule has 0 radical (unpaired) electrons. The second kappa shape index (κ2) is 11.8. The molecule has 1 aliphatic heterocycles. The van der Waals surface area contributed by atoms with Crippen molar-refractivity contribution >= 4 is 11.9 Å². The highest BCUT2D eigenvalue weighted by atomic mass is 16.7. The summed E-state index contributed by atoms with van der Waals surface area (Å²) in [7, 11) is 1.53. The lowest BCUT2D eigenvalue weighted by Gasteiger charge is -2.25. The molecule has 0 spiro atoms. The maximum absolute atomic E-state index is 13.2.